The quantitative estimate of drug-likeness (QED) is 0.508. The van der Waals surface area contributed by atoms with Crippen LogP contribution in [0.5, 0.6) is 0 Å². The summed E-state index contributed by atoms with van der Waals surface area (Å²) in [6.07, 6.45) is 2.00. The number of H-pyrrole nitrogens is 1. The highest BCUT2D eigenvalue weighted by Gasteiger charge is 2.01. The molecule has 5 N–H and O–H groups in total. The van der Waals surface area contributed by atoms with Crippen molar-refractivity contribution >= 4 is 17.4 Å². The van der Waals surface area contributed by atoms with Gasteiger partial charge < -0.3 is 16.4 Å². The first-order valence-electron chi connectivity index (χ1n) is 3.97. The van der Waals surface area contributed by atoms with Crippen LogP contribution >= 0.6 is 0 Å². The summed E-state index contributed by atoms with van der Waals surface area (Å²) in [4.78, 5) is 10.8. The molecule has 0 radical (unpaired) electrons. The van der Waals surface area contributed by atoms with E-state index in [0.717, 1.165) is 5.69 Å². The molecule has 0 saturated heterocycles. The van der Waals surface area contributed by atoms with E-state index in [1.807, 2.05) is 0 Å². The van der Waals surface area contributed by atoms with E-state index in [-0.39, 0.29) is 5.91 Å². The number of carbonyl (C=O) groups excluding carboxylic acids is 1. The van der Waals surface area contributed by atoms with Gasteiger partial charge in [-0.05, 0) is 0 Å². The van der Waals surface area contributed by atoms with Crippen LogP contribution in [-0.2, 0) is 4.79 Å². The third-order valence-electron chi connectivity index (χ3n) is 1.62. The Hall–Kier alpha value is -1.72. The van der Waals surface area contributed by atoms with Gasteiger partial charge in [0.15, 0.2) is 0 Å². The van der Waals surface area contributed by atoms with Gasteiger partial charge in [-0.15, -0.1) is 0 Å². The van der Waals surface area contributed by atoms with Crippen molar-refractivity contribution < 1.29 is 4.79 Å². The van der Waals surface area contributed by atoms with Gasteiger partial charge in [0.2, 0.25) is 5.91 Å². The van der Waals surface area contributed by atoms with Crippen LogP contribution in [0.15, 0.2) is 6.20 Å². The summed E-state index contributed by atoms with van der Waals surface area (Å²) in [5.41, 5.74) is 6.23. The summed E-state index contributed by atoms with van der Waals surface area (Å²) >= 11 is 0. The second-order valence-electron chi connectivity index (χ2n) is 2.55. The van der Waals surface area contributed by atoms with Crippen LogP contribution in [0.4, 0.5) is 11.5 Å². The van der Waals surface area contributed by atoms with Crippen molar-refractivity contribution in [3.05, 3.63) is 6.20 Å². The van der Waals surface area contributed by atoms with Crippen molar-refractivity contribution in [3.8, 4) is 0 Å². The lowest BCUT2D eigenvalue weighted by Crippen LogP contribution is -2.20. The van der Waals surface area contributed by atoms with Crippen LogP contribution in [0.2, 0.25) is 0 Å². The van der Waals surface area contributed by atoms with Gasteiger partial charge in [0.1, 0.15) is 5.82 Å². The largest absolute Gasteiger partial charge is 0.382 e. The summed E-state index contributed by atoms with van der Waals surface area (Å²) in [7, 11) is 1.61. The number of nitrogens with two attached hydrogens (primary N) is 1. The standard InChI is InChI=1S/C7H13N5O/c1-9-6(13)2-3-10-5-4-11-12-7(5)8/h4,10H,2-3H2,1H3,(H,9,13)(H3,8,11,12). The predicted octanol–water partition coefficient (Wildman–Crippen LogP) is -0.460. The lowest BCUT2D eigenvalue weighted by molar-refractivity contribution is -0.120. The molecule has 1 heterocycles. The molecule has 0 aliphatic heterocycles. The highest BCUT2D eigenvalue weighted by molar-refractivity contribution is 5.76. The van der Waals surface area contributed by atoms with E-state index in [2.05, 4.69) is 20.8 Å². The summed E-state index contributed by atoms with van der Waals surface area (Å²) in [5, 5.41) is 11.8. The molecule has 0 aliphatic carbocycles. The Labute approximate surface area is 75.9 Å². The first kappa shape index (κ1) is 9.37. The van der Waals surface area contributed by atoms with Gasteiger partial charge in [-0.1, -0.05) is 0 Å². The number of rotatable bonds is 4. The van der Waals surface area contributed by atoms with E-state index >= 15 is 0 Å². The number of hydrogen-bond donors (Lipinski definition) is 4. The maximum Gasteiger partial charge on any atom is 0.221 e. The van der Waals surface area contributed by atoms with Crippen LogP contribution < -0.4 is 16.4 Å². The van der Waals surface area contributed by atoms with Crippen LogP contribution in [0, 0.1) is 0 Å². The molecule has 0 spiro atoms. The molecular formula is C7H13N5O. The normalized spacial score (nSPS) is 9.62. The average Bonchev–Trinajstić information content (AvgIpc) is 2.52. The molecule has 1 amide bonds. The van der Waals surface area contributed by atoms with E-state index in [1.54, 1.807) is 13.2 Å². The third kappa shape index (κ3) is 2.66. The van der Waals surface area contributed by atoms with Gasteiger partial charge >= 0.3 is 0 Å². The van der Waals surface area contributed by atoms with Gasteiger partial charge in [-0.3, -0.25) is 9.89 Å². The molecule has 0 aromatic carbocycles. The zero-order valence-corrected chi connectivity index (χ0v) is 7.42. The van der Waals surface area contributed by atoms with Gasteiger partial charge in [-0.2, -0.15) is 5.10 Å². The fraction of sp³-hybridized carbons (Fsp3) is 0.429. The molecule has 1 rings (SSSR count). The van der Waals surface area contributed by atoms with E-state index in [1.165, 1.54) is 0 Å². The molecule has 1 aromatic rings. The van der Waals surface area contributed by atoms with E-state index < -0.39 is 0 Å². The lowest BCUT2D eigenvalue weighted by Gasteiger charge is -2.02. The first-order valence-corrected chi connectivity index (χ1v) is 3.97. The summed E-state index contributed by atoms with van der Waals surface area (Å²) in [6.45, 7) is 0.545. The maximum absolute atomic E-state index is 10.8. The first-order chi connectivity index (χ1) is 6.24. The Bertz CT molecular complexity index is 282. The topological polar surface area (TPSA) is 95.8 Å². The number of amides is 1. The number of hydrogen-bond acceptors (Lipinski definition) is 4. The van der Waals surface area contributed by atoms with E-state index in [9.17, 15) is 4.79 Å². The summed E-state index contributed by atoms with van der Waals surface area (Å²) in [6, 6.07) is 0. The van der Waals surface area contributed by atoms with Gasteiger partial charge in [0.05, 0.1) is 11.9 Å². The van der Waals surface area contributed by atoms with Crippen LogP contribution in [-0.4, -0.2) is 29.7 Å². The molecule has 0 saturated carbocycles. The molecule has 6 heteroatoms. The molecule has 0 aliphatic rings. The highest BCUT2D eigenvalue weighted by atomic mass is 16.1. The summed E-state index contributed by atoms with van der Waals surface area (Å²) in [5.74, 6) is 0.478. The molecule has 0 bridgehead atoms. The van der Waals surface area contributed by atoms with Crippen LogP contribution in [0.3, 0.4) is 0 Å². The number of nitrogen functional groups attached to an aromatic ring is 1. The van der Waals surface area contributed by atoms with Crippen molar-refractivity contribution in [3.63, 3.8) is 0 Å². The van der Waals surface area contributed by atoms with Crippen molar-refractivity contribution in [1.82, 2.24) is 15.5 Å². The average molecular weight is 183 g/mol. The molecule has 0 atom stereocenters. The Morgan fingerprint density at radius 2 is 2.54 bits per heavy atom. The van der Waals surface area contributed by atoms with Crippen LogP contribution in [0.25, 0.3) is 0 Å². The molecule has 0 fully saturated rings. The third-order valence-corrected chi connectivity index (χ3v) is 1.62. The molecule has 0 unspecified atom stereocenters. The molecule has 13 heavy (non-hydrogen) atoms. The number of aromatic nitrogens is 2. The van der Waals surface area contributed by atoms with E-state index in [4.69, 9.17) is 5.73 Å². The second kappa shape index (κ2) is 4.34. The fourth-order valence-corrected chi connectivity index (χ4v) is 0.873. The zero-order chi connectivity index (χ0) is 9.68. The monoisotopic (exact) mass is 183 g/mol. The van der Waals surface area contributed by atoms with Crippen molar-refractivity contribution in [2.24, 2.45) is 0 Å². The minimum atomic E-state index is -0.00503. The predicted molar refractivity (Wildman–Crippen MR) is 50.2 cm³/mol. The Morgan fingerprint density at radius 1 is 1.77 bits per heavy atom. The zero-order valence-electron chi connectivity index (χ0n) is 7.42. The highest BCUT2D eigenvalue weighted by Crippen LogP contribution is 2.11. The minimum absolute atomic E-state index is 0.00503. The van der Waals surface area contributed by atoms with E-state index in [0.29, 0.717) is 18.8 Å². The Morgan fingerprint density at radius 3 is 3.08 bits per heavy atom. The molecule has 72 valence electrons. The fourth-order valence-electron chi connectivity index (χ4n) is 0.873. The van der Waals surface area contributed by atoms with Crippen molar-refractivity contribution in [1.29, 1.82) is 0 Å². The lowest BCUT2D eigenvalue weighted by atomic mass is 10.4. The smallest absolute Gasteiger partial charge is 0.221 e. The molecule has 1 aromatic heterocycles. The number of nitrogens with zero attached hydrogens (tertiary/aromatic N) is 1. The van der Waals surface area contributed by atoms with Crippen molar-refractivity contribution in [2.45, 2.75) is 6.42 Å². The number of carbonyl (C=O) groups is 1. The molecule has 6 nitrogen and oxygen atoms in total. The molecular weight excluding hydrogens is 170 g/mol. The minimum Gasteiger partial charge on any atom is -0.382 e. The SMILES string of the molecule is CNC(=O)CCNc1cn[nH]c1N. The van der Waals surface area contributed by atoms with Gasteiger partial charge in [0.25, 0.3) is 0 Å². The van der Waals surface area contributed by atoms with Crippen molar-refractivity contribution in [2.75, 3.05) is 24.6 Å². The number of anilines is 2. The van der Waals surface area contributed by atoms with Crippen LogP contribution in [0.1, 0.15) is 6.42 Å². The maximum atomic E-state index is 10.8. The Balaban J connectivity index is 2.28. The second-order valence-corrected chi connectivity index (χ2v) is 2.55. The summed E-state index contributed by atoms with van der Waals surface area (Å²) < 4.78 is 0. The number of nitrogens with one attached hydrogen (secondary N) is 3. The van der Waals surface area contributed by atoms with Gasteiger partial charge in [0, 0.05) is 20.0 Å². The van der Waals surface area contributed by atoms with Gasteiger partial charge in [-0.25, -0.2) is 0 Å². The number of aromatic amines is 1. The Kier molecular flexibility index (Phi) is 3.13.